The van der Waals surface area contributed by atoms with Crippen LogP contribution in [0.3, 0.4) is 0 Å². The minimum atomic E-state index is 0.0186. The molecule has 1 atom stereocenters. The van der Waals surface area contributed by atoms with Gasteiger partial charge in [0.25, 0.3) is 0 Å². The molecule has 0 spiro atoms. The first-order valence-electron chi connectivity index (χ1n) is 7.50. The first-order valence-corrected chi connectivity index (χ1v) is 9.37. The lowest BCUT2D eigenvalue weighted by Crippen LogP contribution is -2.31. The molecular formula is C17H18N4OS2. The molecule has 3 rings (SSSR count). The molecule has 2 N–H and O–H groups in total. The quantitative estimate of drug-likeness (QED) is 0.557. The lowest BCUT2D eigenvalue weighted by Gasteiger charge is -2.25. The number of rotatable bonds is 5. The van der Waals surface area contributed by atoms with Gasteiger partial charge in [-0.15, -0.1) is 11.3 Å². The molecule has 124 valence electrons. The van der Waals surface area contributed by atoms with Gasteiger partial charge in [0.05, 0.1) is 17.2 Å². The minimum Gasteiger partial charge on any atom is -0.383 e. The summed E-state index contributed by atoms with van der Waals surface area (Å²) in [6.07, 6.45) is 0. The molecule has 2 aromatic heterocycles. The molecular weight excluding hydrogens is 340 g/mol. The van der Waals surface area contributed by atoms with Gasteiger partial charge in [-0.05, 0) is 23.9 Å². The Hall–Kier alpha value is -2.12. The van der Waals surface area contributed by atoms with E-state index < -0.39 is 0 Å². The van der Waals surface area contributed by atoms with Crippen LogP contribution in [0.1, 0.15) is 18.5 Å². The smallest absolute Gasteiger partial charge is 0.233 e. The van der Waals surface area contributed by atoms with Crippen molar-refractivity contribution >= 4 is 45.0 Å². The van der Waals surface area contributed by atoms with E-state index in [1.807, 2.05) is 55.7 Å². The number of thiophene rings is 1. The largest absolute Gasteiger partial charge is 0.383 e. The lowest BCUT2D eigenvalue weighted by atomic mass is 10.1. The Morgan fingerprint density at radius 2 is 2.04 bits per heavy atom. The van der Waals surface area contributed by atoms with Crippen molar-refractivity contribution in [3.63, 3.8) is 0 Å². The van der Waals surface area contributed by atoms with E-state index in [1.165, 1.54) is 23.1 Å². The fourth-order valence-electron chi connectivity index (χ4n) is 2.32. The number of carbonyl (C=O) groups excluding carboxylic acids is 1. The molecule has 7 heteroatoms. The topological polar surface area (TPSA) is 72.1 Å². The zero-order valence-corrected chi connectivity index (χ0v) is 15.1. The molecule has 0 saturated heterocycles. The molecule has 1 aromatic carbocycles. The van der Waals surface area contributed by atoms with Gasteiger partial charge in [0, 0.05) is 7.05 Å². The zero-order valence-electron chi connectivity index (χ0n) is 13.5. The van der Waals surface area contributed by atoms with Crippen LogP contribution in [0, 0.1) is 0 Å². The summed E-state index contributed by atoms with van der Waals surface area (Å²) in [6, 6.07) is 11.9. The summed E-state index contributed by atoms with van der Waals surface area (Å²) in [4.78, 5) is 23.8. The number of nitrogens with zero attached hydrogens (tertiary/aromatic N) is 3. The van der Waals surface area contributed by atoms with E-state index in [2.05, 4.69) is 9.97 Å². The zero-order chi connectivity index (χ0) is 17.1. The summed E-state index contributed by atoms with van der Waals surface area (Å²) < 4.78 is 0. The highest BCUT2D eigenvalue weighted by molar-refractivity contribution is 7.99. The molecule has 0 aliphatic carbocycles. The van der Waals surface area contributed by atoms with Crippen molar-refractivity contribution in [3.8, 4) is 0 Å². The van der Waals surface area contributed by atoms with Crippen molar-refractivity contribution in [2.45, 2.75) is 18.1 Å². The Balaban J connectivity index is 1.65. The van der Waals surface area contributed by atoms with Gasteiger partial charge >= 0.3 is 0 Å². The molecule has 0 aliphatic rings. The van der Waals surface area contributed by atoms with Crippen molar-refractivity contribution in [3.05, 3.63) is 47.3 Å². The summed E-state index contributed by atoms with van der Waals surface area (Å²) in [5.41, 5.74) is 7.05. The first kappa shape index (κ1) is 16.7. The number of anilines is 1. The second-order valence-electron chi connectivity index (χ2n) is 5.41. The second-order valence-corrected chi connectivity index (χ2v) is 7.25. The van der Waals surface area contributed by atoms with Crippen LogP contribution in [-0.4, -0.2) is 33.6 Å². The predicted octanol–water partition coefficient (Wildman–Crippen LogP) is 3.59. The van der Waals surface area contributed by atoms with Crippen molar-refractivity contribution in [2.24, 2.45) is 0 Å². The van der Waals surface area contributed by atoms with Crippen LogP contribution >= 0.6 is 23.1 Å². The van der Waals surface area contributed by atoms with Crippen LogP contribution in [0.4, 0.5) is 5.82 Å². The van der Waals surface area contributed by atoms with Crippen LogP contribution in [0.2, 0.25) is 0 Å². The summed E-state index contributed by atoms with van der Waals surface area (Å²) in [5.74, 6) is 0.774. The number of fused-ring (bicyclic) bond motifs is 1. The van der Waals surface area contributed by atoms with Crippen molar-refractivity contribution < 1.29 is 4.79 Å². The summed E-state index contributed by atoms with van der Waals surface area (Å²) in [7, 11) is 1.82. The Kier molecular flexibility index (Phi) is 5.01. The molecule has 3 aromatic rings. The molecule has 24 heavy (non-hydrogen) atoms. The number of nitrogen functional groups attached to an aromatic ring is 1. The van der Waals surface area contributed by atoms with Crippen LogP contribution in [-0.2, 0) is 4.79 Å². The van der Waals surface area contributed by atoms with Gasteiger partial charge < -0.3 is 10.6 Å². The van der Waals surface area contributed by atoms with Crippen LogP contribution in [0.5, 0.6) is 0 Å². The fraction of sp³-hybridized carbons (Fsp3) is 0.235. The number of amides is 1. The highest BCUT2D eigenvalue weighted by Crippen LogP contribution is 2.27. The van der Waals surface area contributed by atoms with Crippen LogP contribution in [0.25, 0.3) is 10.2 Å². The second kappa shape index (κ2) is 7.19. The maximum absolute atomic E-state index is 12.5. The highest BCUT2D eigenvalue weighted by Gasteiger charge is 2.18. The third-order valence-corrected chi connectivity index (χ3v) is 5.55. The maximum Gasteiger partial charge on any atom is 0.233 e. The molecule has 0 fully saturated rings. The van der Waals surface area contributed by atoms with Gasteiger partial charge in [-0.1, -0.05) is 42.1 Å². The molecule has 0 aliphatic heterocycles. The average molecular weight is 358 g/mol. The molecule has 0 bridgehead atoms. The molecule has 1 unspecified atom stereocenters. The maximum atomic E-state index is 12.5. The van der Waals surface area contributed by atoms with Gasteiger partial charge in [-0.2, -0.15) is 0 Å². The Bertz CT molecular complexity index is 850. The Labute approximate surface area is 148 Å². The minimum absolute atomic E-state index is 0.0186. The van der Waals surface area contributed by atoms with Gasteiger partial charge in [-0.3, -0.25) is 4.79 Å². The van der Waals surface area contributed by atoms with E-state index in [0.29, 0.717) is 11.0 Å². The van der Waals surface area contributed by atoms with E-state index in [9.17, 15) is 4.79 Å². The summed E-state index contributed by atoms with van der Waals surface area (Å²) in [5, 5.41) is 3.34. The Morgan fingerprint density at radius 1 is 1.29 bits per heavy atom. The summed E-state index contributed by atoms with van der Waals surface area (Å²) in [6.45, 7) is 2.02. The van der Waals surface area contributed by atoms with Gasteiger partial charge in [0.15, 0.2) is 5.16 Å². The van der Waals surface area contributed by atoms with E-state index in [0.717, 1.165) is 15.8 Å². The number of aromatic nitrogens is 2. The fourth-order valence-corrected chi connectivity index (χ4v) is 3.93. The predicted molar refractivity (Wildman–Crippen MR) is 100 cm³/mol. The number of hydrogen-bond acceptors (Lipinski definition) is 6. The lowest BCUT2D eigenvalue weighted by molar-refractivity contribution is -0.128. The number of benzene rings is 1. The van der Waals surface area contributed by atoms with Crippen LogP contribution < -0.4 is 5.73 Å². The monoisotopic (exact) mass is 358 g/mol. The number of hydrogen-bond donors (Lipinski definition) is 1. The molecule has 5 nitrogen and oxygen atoms in total. The SMILES string of the molecule is CC(c1ccccc1)N(C)C(=O)CSc1nc(N)c2ccsc2n1. The standard InChI is InChI=1S/C17H18N4OS2/c1-11(12-6-4-3-5-7-12)21(2)14(22)10-24-17-19-15(18)13-8-9-23-16(13)20-17/h3-9,11H,10H2,1-2H3,(H2,18,19,20). The summed E-state index contributed by atoms with van der Waals surface area (Å²) >= 11 is 2.83. The third-order valence-electron chi connectivity index (χ3n) is 3.92. The third kappa shape index (κ3) is 3.52. The van der Waals surface area contributed by atoms with Gasteiger partial charge in [0.2, 0.25) is 5.91 Å². The van der Waals surface area contributed by atoms with Crippen LogP contribution in [0.15, 0.2) is 46.9 Å². The molecule has 1 amide bonds. The van der Waals surface area contributed by atoms with E-state index in [-0.39, 0.29) is 17.7 Å². The highest BCUT2D eigenvalue weighted by atomic mass is 32.2. The normalized spacial score (nSPS) is 12.2. The molecule has 0 radical (unpaired) electrons. The van der Waals surface area contributed by atoms with E-state index in [4.69, 9.17) is 5.73 Å². The van der Waals surface area contributed by atoms with Gasteiger partial charge in [-0.25, -0.2) is 9.97 Å². The first-order chi connectivity index (χ1) is 11.6. The molecule has 0 saturated carbocycles. The van der Waals surface area contributed by atoms with Crippen molar-refractivity contribution in [1.82, 2.24) is 14.9 Å². The van der Waals surface area contributed by atoms with Crippen molar-refractivity contribution in [1.29, 1.82) is 0 Å². The van der Waals surface area contributed by atoms with E-state index in [1.54, 1.807) is 4.90 Å². The van der Waals surface area contributed by atoms with E-state index >= 15 is 0 Å². The number of nitrogens with two attached hydrogens (primary N) is 1. The number of thioether (sulfide) groups is 1. The van der Waals surface area contributed by atoms with Crippen molar-refractivity contribution in [2.75, 3.05) is 18.5 Å². The Morgan fingerprint density at radius 3 is 2.79 bits per heavy atom. The average Bonchev–Trinajstić information content (AvgIpc) is 3.08. The number of carbonyl (C=O) groups is 1. The molecule has 2 heterocycles. The van der Waals surface area contributed by atoms with Gasteiger partial charge in [0.1, 0.15) is 10.6 Å².